The summed E-state index contributed by atoms with van der Waals surface area (Å²) in [6.07, 6.45) is -0.814. The number of rotatable bonds is 5. The quantitative estimate of drug-likeness (QED) is 0.794. The zero-order valence-corrected chi connectivity index (χ0v) is 10.7. The molecule has 0 aromatic heterocycles. The van der Waals surface area contributed by atoms with E-state index in [1.807, 2.05) is 24.8 Å². The summed E-state index contributed by atoms with van der Waals surface area (Å²) < 4.78 is 13.7. The molecule has 0 amide bonds. The second-order valence-electron chi connectivity index (χ2n) is 4.32. The molecule has 0 aliphatic rings. The fourth-order valence-electron chi connectivity index (χ4n) is 1.91. The van der Waals surface area contributed by atoms with Gasteiger partial charge >= 0.3 is 0 Å². The first-order valence-corrected chi connectivity index (χ1v) is 5.83. The Labute approximate surface area is 102 Å². The van der Waals surface area contributed by atoms with E-state index in [0.29, 0.717) is 12.1 Å². The van der Waals surface area contributed by atoms with E-state index in [-0.39, 0.29) is 5.82 Å². The monoisotopic (exact) mass is 237 g/mol. The lowest BCUT2D eigenvalue weighted by molar-refractivity contribution is 0.194. The van der Waals surface area contributed by atoms with Gasteiger partial charge in [-0.25, -0.2) is 4.39 Å². The summed E-state index contributed by atoms with van der Waals surface area (Å²) in [5, 5.41) is 9.67. The van der Waals surface area contributed by atoms with E-state index in [1.54, 1.807) is 13.0 Å². The Morgan fingerprint density at radius 1 is 1.53 bits per heavy atom. The van der Waals surface area contributed by atoms with Crippen molar-refractivity contribution in [3.63, 3.8) is 0 Å². The number of aliphatic hydroxyl groups is 1. The van der Waals surface area contributed by atoms with Crippen molar-refractivity contribution in [1.29, 1.82) is 0 Å². The molecule has 0 saturated carbocycles. The third kappa shape index (κ3) is 3.30. The molecule has 0 spiro atoms. The van der Waals surface area contributed by atoms with Crippen LogP contribution in [0.2, 0.25) is 0 Å². The van der Waals surface area contributed by atoms with E-state index >= 15 is 0 Å². The first-order valence-electron chi connectivity index (χ1n) is 5.83. The summed E-state index contributed by atoms with van der Waals surface area (Å²) in [5.74, 6) is -0.363. The van der Waals surface area contributed by atoms with Crippen LogP contribution in [0.25, 0.3) is 0 Å². The number of aliphatic hydroxyl groups excluding tert-OH is 1. The van der Waals surface area contributed by atoms with Crippen LogP contribution in [0.3, 0.4) is 0 Å². The van der Waals surface area contributed by atoms with E-state index in [2.05, 4.69) is 6.58 Å². The second-order valence-corrected chi connectivity index (χ2v) is 4.32. The van der Waals surface area contributed by atoms with Crippen LogP contribution in [0.15, 0.2) is 30.4 Å². The first-order chi connectivity index (χ1) is 7.97. The number of hydrogen-bond acceptors (Lipinski definition) is 2. The molecule has 0 heterocycles. The highest BCUT2D eigenvalue weighted by Crippen LogP contribution is 2.29. The number of hydrogen-bond donors (Lipinski definition) is 1. The maximum absolute atomic E-state index is 13.7. The van der Waals surface area contributed by atoms with Gasteiger partial charge in [0.2, 0.25) is 0 Å². The van der Waals surface area contributed by atoms with Crippen LogP contribution < -0.4 is 4.90 Å². The van der Waals surface area contributed by atoms with Crippen molar-refractivity contribution in [3.05, 3.63) is 41.7 Å². The molecule has 1 rings (SSSR count). The van der Waals surface area contributed by atoms with Crippen LogP contribution in [-0.4, -0.2) is 18.2 Å². The lowest BCUT2D eigenvalue weighted by Gasteiger charge is -2.27. The molecule has 1 N–H and O–H groups in total. The fraction of sp³-hybridized carbons (Fsp3) is 0.429. The van der Waals surface area contributed by atoms with Crippen LogP contribution in [-0.2, 0) is 0 Å². The van der Waals surface area contributed by atoms with Crippen molar-refractivity contribution >= 4 is 5.69 Å². The Bertz CT molecular complexity index is 401. The molecule has 0 saturated heterocycles. The summed E-state index contributed by atoms with van der Waals surface area (Å²) in [6, 6.07) is 4.87. The lowest BCUT2D eigenvalue weighted by Crippen LogP contribution is -2.26. The van der Waals surface area contributed by atoms with Gasteiger partial charge in [0.1, 0.15) is 5.82 Å². The predicted molar refractivity (Wildman–Crippen MR) is 69.7 cm³/mol. The van der Waals surface area contributed by atoms with Crippen LogP contribution in [0.5, 0.6) is 0 Å². The van der Waals surface area contributed by atoms with E-state index in [1.165, 1.54) is 6.07 Å². The standard InChI is InChI=1S/C14H20FNO/c1-5-16(9-10(2)3)13-8-6-7-12(15)14(13)11(4)17/h6-8,11,17H,2,5,9H2,1,3-4H3/t11-/m1/s1. The molecule has 3 heteroatoms. The normalized spacial score (nSPS) is 12.3. The minimum absolute atomic E-state index is 0.357. The molecule has 0 aliphatic carbocycles. The van der Waals surface area contributed by atoms with Gasteiger partial charge in [-0.1, -0.05) is 18.2 Å². The predicted octanol–water partition coefficient (Wildman–Crippen LogP) is 3.28. The third-order valence-electron chi connectivity index (χ3n) is 2.63. The zero-order chi connectivity index (χ0) is 13.0. The smallest absolute Gasteiger partial charge is 0.131 e. The van der Waals surface area contributed by atoms with Crippen molar-refractivity contribution in [2.24, 2.45) is 0 Å². The maximum atomic E-state index is 13.7. The van der Waals surface area contributed by atoms with Crippen molar-refractivity contribution in [3.8, 4) is 0 Å². The maximum Gasteiger partial charge on any atom is 0.131 e. The van der Waals surface area contributed by atoms with Crippen LogP contribution in [0.4, 0.5) is 10.1 Å². The van der Waals surface area contributed by atoms with Crippen molar-refractivity contribution in [2.45, 2.75) is 26.9 Å². The third-order valence-corrected chi connectivity index (χ3v) is 2.63. The van der Waals surface area contributed by atoms with Crippen molar-refractivity contribution in [1.82, 2.24) is 0 Å². The summed E-state index contributed by atoms with van der Waals surface area (Å²) >= 11 is 0. The van der Waals surface area contributed by atoms with Gasteiger partial charge < -0.3 is 10.0 Å². The summed E-state index contributed by atoms with van der Waals surface area (Å²) in [4.78, 5) is 2.01. The van der Waals surface area contributed by atoms with E-state index in [9.17, 15) is 9.50 Å². The lowest BCUT2D eigenvalue weighted by atomic mass is 10.1. The van der Waals surface area contributed by atoms with Gasteiger partial charge in [-0.2, -0.15) is 0 Å². The molecule has 0 aliphatic heterocycles. The molecule has 1 aromatic carbocycles. The molecule has 1 atom stereocenters. The Morgan fingerprint density at radius 2 is 2.18 bits per heavy atom. The Kier molecular flexibility index (Phi) is 4.70. The van der Waals surface area contributed by atoms with Gasteiger partial charge in [0.15, 0.2) is 0 Å². The van der Waals surface area contributed by atoms with Gasteiger partial charge in [0.25, 0.3) is 0 Å². The molecule has 0 radical (unpaired) electrons. The minimum Gasteiger partial charge on any atom is -0.389 e. The average Bonchev–Trinajstić information content (AvgIpc) is 2.24. The van der Waals surface area contributed by atoms with E-state index in [4.69, 9.17) is 0 Å². The summed E-state index contributed by atoms with van der Waals surface area (Å²) in [5.41, 5.74) is 2.11. The van der Waals surface area contributed by atoms with Gasteiger partial charge in [0, 0.05) is 24.3 Å². The number of halogens is 1. The minimum atomic E-state index is -0.814. The number of nitrogens with zero attached hydrogens (tertiary/aromatic N) is 1. The summed E-state index contributed by atoms with van der Waals surface area (Å²) in [7, 11) is 0. The van der Waals surface area contributed by atoms with Crippen molar-refractivity contribution < 1.29 is 9.50 Å². The van der Waals surface area contributed by atoms with E-state index in [0.717, 1.165) is 17.8 Å². The molecular weight excluding hydrogens is 217 g/mol. The Balaban J connectivity index is 3.18. The molecule has 1 aromatic rings. The fourth-order valence-corrected chi connectivity index (χ4v) is 1.91. The largest absolute Gasteiger partial charge is 0.389 e. The van der Waals surface area contributed by atoms with Gasteiger partial charge in [-0.05, 0) is 32.9 Å². The molecule has 0 bridgehead atoms. The summed E-state index contributed by atoms with van der Waals surface area (Å²) in [6.45, 7) is 10.8. The number of anilines is 1. The molecule has 0 fully saturated rings. The van der Waals surface area contributed by atoms with Gasteiger partial charge in [-0.3, -0.25) is 0 Å². The van der Waals surface area contributed by atoms with Crippen LogP contribution in [0.1, 0.15) is 32.4 Å². The molecule has 94 valence electrons. The molecule has 2 nitrogen and oxygen atoms in total. The van der Waals surface area contributed by atoms with Crippen LogP contribution >= 0.6 is 0 Å². The highest BCUT2D eigenvalue weighted by Gasteiger charge is 2.17. The first kappa shape index (κ1) is 13.7. The number of likely N-dealkylation sites (N-methyl/N-ethyl adjacent to an activating group) is 1. The van der Waals surface area contributed by atoms with Gasteiger partial charge in [-0.15, -0.1) is 0 Å². The van der Waals surface area contributed by atoms with Crippen LogP contribution in [0, 0.1) is 5.82 Å². The average molecular weight is 237 g/mol. The Morgan fingerprint density at radius 3 is 2.65 bits per heavy atom. The SMILES string of the molecule is C=C(C)CN(CC)c1cccc(F)c1[C@@H](C)O. The van der Waals surface area contributed by atoms with E-state index < -0.39 is 6.10 Å². The molecule has 0 unspecified atom stereocenters. The highest BCUT2D eigenvalue weighted by molar-refractivity contribution is 5.55. The Hall–Kier alpha value is -1.35. The highest BCUT2D eigenvalue weighted by atomic mass is 19.1. The number of benzene rings is 1. The topological polar surface area (TPSA) is 23.5 Å². The molecule has 17 heavy (non-hydrogen) atoms. The zero-order valence-electron chi connectivity index (χ0n) is 10.7. The van der Waals surface area contributed by atoms with Crippen molar-refractivity contribution in [2.75, 3.05) is 18.0 Å². The van der Waals surface area contributed by atoms with Gasteiger partial charge in [0.05, 0.1) is 6.10 Å². The second kappa shape index (κ2) is 5.82. The molecular formula is C14H20FNO.